The minimum Gasteiger partial charge on any atom is -0.396 e. The molecule has 1 amide bonds. The predicted octanol–water partition coefficient (Wildman–Crippen LogP) is 3.87. The molecule has 2 aromatic rings. The van der Waals surface area contributed by atoms with Crippen molar-refractivity contribution in [2.24, 2.45) is 5.92 Å². The van der Waals surface area contributed by atoms with Crippen LogP contribution < -0.4 is 10.2 Å². The molecule has 2 N–H and O–H groups in total. The van der Waals surface area contributed by atoms with Gasteiger partial charge in [-0.15, -0.1) is 0 Å². The van der Waals surface area contributed by atoms with Crippen LogP contribution in [0.15, 0.2) is 42.0 Å². The number of nitriles is 1. The first kappa shape index (κ1) is 20.9. The number of carbonyl (C=O) groups excluding carboxylic acids is 1. The standard InChI is InChI=1S/C24H29N3O2/c1-17(16-28)15-26-24(29)23(14-25)18(2)19-6-7-21-13-22(9-8-20(21)12-19)27-10-4-3-5-11-27/h6-9,12-13,17,28H,3-5,10-11,15-16H2,1-2H3,(H,26,29)/b23-18+. The number of piperidine rings is 1. The van der Waals surface area contributed by atoms with Crippen molar-refractivity contribution in [3.05, 3.63) is 47.5 Å². The van der Waals surface area contributed by atoms with Gasteiger partial charge in [0.15, 0.2) is 0 Å². The molecular weight excluding hydrogens is 362 g/mol. The average molecular weight is 392 g/mol. The summed E-state index contributed by atoms with van der Waals surface area (Å²) < 4.78 is 0. The summed E-state index contributed by atoms with van der Waals surface area (Å²) >= 11 is 0. The number of hydrogen-bond donors (Lipinski definition) is 2. The van der Waals surface area contributed by atoms with Crippen molar-refractivity contribution in [3.63, 3.8) is 0 Å². The Hall–Kier alpha value is -2.84. The van der Waals surface area contributed by atoms with E-state index in [0.717, 1.165) is 29.4 Å². The normalized spacial score (nSPS) is 16.1. The van der Waals surface area contributed by atoms with E-state index in [1.54, 1.807) is 6.92 Å². The number of aliphatic hydroxyl groups excluding tert-OH is 1. The zero-order valence-electron chi connectivity index (χ0n) is 17.2. The van der Waals surface area contributed by atoms with Crippen LogP contribution in [0.1, 0.15) is 38.7 Å². The zero-order chi connectivity index (χ0) is 20.8. The van der Waals surface area contributed by atoms with Crippen LogP contribution in [0.4, 0.5) is 5.69 Å². The second kappa shape index (κ2) is 9.58. The van der Waals surface area contributed by atoms with Gasteiger partial charge in [0.2, 0.25) is 0 Å². The first-order valence-corrected chi connectivity index (χ1v) is 10.3. The van der Waals surface area contributed by atoms with Crippen LogP contribution in [0.3, 0.4) is 0 Å². The van der Waals surface area contributed by atoms with Gasteiger partial charge in [0.1, 0.15) is 11.6 Å². The first-order valence-electron chi connectivity index (χ1n) is 10.3. The van der Waals surface area contributed by atoms with Gasteiger partial charge in [-0.2, -0.15) is 5.26 Å². The number of benzene rings is 2. The van der Waals surface area contributed by atoms with Gasteiger partial charge in [-0.25, -0.2) is 0 Å². The zero-order valence-corrected chi connectivity index (χ0v) is 17.2. The van der Waals surface area contributed by atoms with Crippen molar-refractivity contribution in [3.8, 4) is 6.07 Å². The average Bonchev–Trinajstić information content (AvgIpc) is 2.77. The Bertz CT molecular complexity index is 952. The summed E-state index contributed by atoms with van der Waals surface area (Å²) in [7, 11) is 0. The fourth-order valence-electron chi connectivity index (χ4n) is 3.68. The number of hydrogen-bond acceptors (Lipinski definition) is 4. The molecule has 0 bridgehead atoms. The van der Waals surface area contributed by atoms with Crippen LogP contribution in [0.25, 0.3) is 16.3 Å². The SMILES string of the molecule is C/C(=C(/C#N)C(=O)NCC(C)CO)c1ccc2cc(N3CCCCC3)ccc2c1. The van der Waals surface area contributed by atoms with Gasteiger partial charge in [0.05, 0.1) is 0 Å². The Kier molecular flexibility index (Phi) is 6.90. The Morgan fingerprint density at radius 2 is 1.86 bits per heavy atom. The summed E-state index contributed by atoms with van der Waals surface area (Å²) in [4.78, 5) is 14.9. The summed E-state index contributed by atoms with van der Waals surface area (Å²) in [5.41, 5.74) is 2.89. The number of nitrogens with zero attached hydrogens (tertiary/aromatic N) is 2. The topological polar surface area (TPSA) is 76.4 Å². The van der Waals surface area contributed by atoms with Crippen LogP contribution in [-0.4, -0.2) is 37.3 Å². The van der Waals surface area contributed by atoms with Crippen LogP contribution >= 0.6 is 0 Å². The van der Waals surface area contributed by atoms with Crippen molar-refractivity contribution in [2.75, 3.05) is 31.1 Å². The molecule has 29 heavy (non-hydrogen) atoms. The van der Waals surface area contributed by atoms with Gasteiger partial charge < -0.3 is 15.3 Å². The van der Waals surface area contributed by atoms with Crippen LogP contribution in [0.2, 0.25) is 0 Å². The van der Waals surface area contributed by atoms with Gasteiger partial charge in [0, 0.05) is 31.9 Å². The molecular formula is C24H29N3O2. The van der Waals surface area contributed by atoms with E-state index in [2.05, 4.69) is 34.5 Å². The third-order valence-corrected chi connectivity index (χ3v) is 5.61. The molecule has 0 radical (unpaired) electrons. The number of nitrogens with one attached hydrogen (secondary N) is 1. The molecule has 3 rings (SSSR count). The van der Waals surface area contributed by atoms with Gasteiger partial charge in [-0.3, -0.25) is 4.79 Å². The maximum atomic E-state index is 12.4. The van der Waals surface area contributed by atoms with E-state index in [-0.39, 0.29) is 18.1 Å². The molecule has 1 aliphatic rings. The number of carbonyl (C=O) groups is 1. The van der Waals surface area contributed by atoms with Gasteiger partial charge in [0.25, 0.3) is 5.91 Å². The lowest BCUT2D eigenvalue weighted by Gasteiger charge is -2.29. The van der Waals surface area contributed by atoms with E-state index < -0.39 is 5.91 Å². The molecule has 1 saturated heterocycles. The van der Waals surface area contributed by atoms with Crippen molar-refractivity contribution < 1.29 is 9.90 Å². The third kappa shape index (κ3) is 4.96. The van der Waals surface area contributed by atoms with Gasteiger partial charge in [-0.1, -0.05) is 25.1 Å². The molecule has 1 unspecified atom stereocenters. The van der Waals surface area contributed by atoms with Crippen LogP contribution in [0.5, 0.6) is 0 Å². The lowest BCUT2D eigenvalue weighted by atomic mass is 9.97. The summed E-state index contributed by atoms with van der Waals surface area (Å²) in [5, 5.41) is 23.6. The first-order chi connectivity index (χ1) is 14.0. The summed E-state index contributed by atoms with van der Waals surface area (Å²) in [6, 6.07) is 14.6. The molecule has 2 aromatic carbocycles. The molecule has 5 heteroatoms. The Labute approximate surface area is 172 Å². The van der Waals surface area contributed by atoms with E-state index in [1.807, 2.05) is 25.1 Å². The van der Waals surface area contributed by atoms with Crippen LogP contribution in [0, 0.1) is 17.2 Å². The van der Waals surface area contributed by atoms with E-state index in [9.17, 15) is 10.1 Å². The monoisotopic (exact) mass is 391 g/mol. The highest BCUT2D eigenvalue weighted by Crippen LogP contribution is 2.28. The molecule has 1 atom stereocenters. The summed E-state index contributed by atoms with van der Waals surface area (Å²) in [5.74, 6) is -0.445. The maximum absolute atomic E-state index is 12.4. The Morgan fingerprint density at radius 3 is 2.55 bits per heavy atom. The molecule has 1 heterocycles. The van der Waals surface area contributed by atoms with E-state index in [1.165, 1.54) is 24.9 Å². The summed E-state index contributed by atoms with van der Waals surface area (Å²) in [6.07, 6.45) is 3.81. The minimum absolute atomic E-state index is 0.00501. The van der Waals surface area contributed by atoms with Crippen LogP contribution in [-0.2, 0) is 4.79 Å². The second-order valence-electron chi connectivity index (χ2n) is 7.90. The largest absolute Gasteiger partial charge is 0.396 e. The Morgan fingerprint density at radius 1 is 1.17 bits per heavy atom. The number of rotatable bonds is 6. The third-order valence-electron chi connectivity index (χ3n) is 5.61. The molecule has 152 valence electrons. The predicted molar refractivity (Wildman–Crippen MR) is 117 cm³/mol. The summed E-state index contributed by atoms with van der Waals surface area (Å²) in [6.45, 7) is 6.20. The quantitative estimate of drug-likeness (QED) is 0.579. The molecule has 0 aromatic heterocycles. The number of anilines is 1. The lowest BCUT2D eigenvalue weighted by molar-refractivity contribution is -0.117. The highest BCUT2D eigenvalue weighted by molar-refractivity contribution is 6.05. The van der Waals surface area contributed by atoms with Crippen molar-refractivity contribution in [1.82, 2.24) is 5.32 Å². The van der Waals surface area contributed by atoms with E-state index in [4.69, 9.17) is 5.11 Å². The fourth-order valence-corrected chi connectivity index (χ4v) is 3.68. The van der Waals surface area contributed by atoms with Gasteiger partial charge in [-0.05, 0) is 72.2 Å². The van der Waals surface area contributed by atoms with E-state index >= 15 is 0 Å². The fraction of sp³-hybridized carbons (Fsp3) is 0.417. The number of aliphatic hydroxyl groups is 1. The lowest BCUT2D eigenvalue weighted by Crippen LogP contribution is -2.30. The molecule has 1 fully saturated rings. The number of fused-ring (bicyclic) bond motifs is 1. The second-order valence-corrected chi connectivity index (χ2v) is 7.90. The van der Waals surface area contributed by atoms with Crippen molar-refractivity contribution in [2.45, 2.75) is 33.1 Å². The van der Waals surface area contributed by atoms with Gasteiger partial charge >= 0.3 is 0 Å². The highest BCUT2D eigenvalue weighted by atomic mass is 16.3. The molecule has 0 spiro atoms. The number of amides is 1. The van der Waals surface area contributed by atoms with Crippen molar-refractivity contribution in [1.29, 1.82) is 5.26 Å². The number of allylic oxidation sites excluding steroid dienone is 1. The molecule has 0 saturated carbocycles. The molecule has 1 aliphatic heterocycles. The maximum Gasteiger partial charge on any atom is 0.262 e. The Balaban J connectivity index is 1.85. The van der Waals surface area contributed by atoms with E-state index in [0.29, 0.717) is 12.1 Å². The smallest absolute Gasteiger partial charge is 0.262 e. The molecule has 5 nitrogen and oxygen atoms in total. The molecule has 0 aliphatic carbocycles. The van der Waals surface area contributed by atoms with Crippen molar-refractivity contribution >= 4 is 27.9 Å². The highest BCUT2D eigenvalue weighted by Gasteiger charge is 2.15. The minimum atomic E-state index is -0.397.